The van der Waals surface area contributed by atoms with Crippen molar-refractivity contribution in [2.75, 3.05) is 11.4 Å². The third kappa shape index (κ3) is 2.61. The number of nitrogens with zero attached hydrogens (tertiary/aromatic N) is 4. The standard InChI is InChI=1S/C15H18ClN5/c1-2-7-20-10-11(8-19-20)14-9-18-15(17)21(14)13-6-4-3-5-12(13)16/h3-6,8,10,14H,2,7,9H2,1H3,(H2,17,18). The Morgan fingerprint density at radius 3 is 2.95 bits per heavy atom. The van der Waals surface area contributed by atoms with Gasteiger partial charge in [-0.1, -0.05) is 30.7 Å². The zero-order valence-corrected chi connectivity index (χ0v) is 12.7. The molecule has 1 unspecified atom stereocenters. The van der Waals surface area contributed by atoms with E-state index in [0.717, 1.165) is 24.2 Å². The number of para-hydroxylation sites is 1. The first kappa shape index (κ1) is 13.9. The molecule has 2 N–H and O–H groups in total. The van der Waals surface area contributed by atoms with E-state index in [1.807, 2.05) is 40.0 Å². The topological polar surface area (TPSA) is 59.4 Å². The predicted molar refractivity (Wildman–Crippen MR) is 85.7 cm³/mol. The molecule has 2 heterocycles. The average molecular weight is 304 g/mol. The Kier molecular flexibility index (Phi) is 3.84. The number of aromatic nitrogens is 2. The summed E-state index contributed by atoms with van der Waals surface area (Å²) < 4.78 is 1.95. The van der Waals surface area contributed by atoms with E-state index in [-0.39, 0.29) is 6.04 Å². The monoisotopic (exact) mass is 303 g/mol. The third-order valence-corrected chi connectivity index (χ3v) is 3.91. The van der Waals surface area contributed by atoms with E-state index in [0.29, 0.717) is 17.5 Å². The molecule has 0 aliphatic carbocycles. The normalized spacial score (nSPS) is 18.1. The molecular formula is C15H18ClN5. The van der Waals surface area contributed by atoms with E-state index in [4.69, 9.17) is 17.3 Å². The lowest BCUT2D eigenvalue weighted by molar-refractivity contribution is 0.601. The SMILES string of the molecule is CCCn1cc(C2CN=C(N)N2c2ccccc2Cl)cn1. The Morgan fingerprint density at radius 2 is 2.19 bits per heavy atom. The molecular weight excluding hydrogens is 286 g/mol. The van der Waals surface area contributed by atoms with E-state index < -0.39 is 0 Å². The number of hydrogen-bond donors (Lipinski definition) is 1. The largest absolute Gasteiger partial charge is 0.369 e. The number of halogens is 1. The number of aryl methyl sites for hydroxylation is 1. The van der Waals surface area contributed by atoms with Crippen molar-refractivity contribution in [3.05, 3.63) is 47.2 Å². The number of anilines is 1. The van der Waals surface area contributed by atoms with Gasteiger partial charge in [-0.2, -0.15) is 5.10 Å². The summed E-state index contributed by atoms with van der Waals surface area (Å²) in [7, 11) is 0. The highest BCUT2D eigenvalue weighted by atomic mass is 35.5. The Hall–Kier alpha value is -2.01. The number of nitrogens with two attached hydrogens (primary N) is 1. The second-order valence-electron chi connectivity index (χ2n) is 5.07. The van der Waals surface area contributed by atoms with Gasteiger partial charge in [0.1, 0.15) is 0 Å². The third-order valence-electron chi connectivity index (χ3n) is 3.59. The fourth-order valence-electron chi connectivity index (χ4n) is 2.59. The molecule has 1 aliphatic heterocycles. The minimum absolute atomic E-state index is 0.0514. The van der Waals surface area contributed by atoms with Crippen LogP contribution in [-0.2, 0) is 6.54 Å². The fraction of sp³-hybridized carbons (Fsp3) is 0.333. The van der Waals surface area contributed by atoms with Crippen molar-refractivity contribution in [3.63, 3.8) is 0 Å². The van der Waals surface area contributed by atoms with Crippen LogP contribution in [0.15, 0.2) is 41.7 Å². The first-order valence-electron chi connectivity index (χ1n) is 7.06. The van der Waals surface area contributed by atoms with Gasteiger partial charge >= 0.3 is 0 Å². The van der Waals surface area contributed by atoms with Crippen molar-refractivity contribution in [3.8, 4) is 0 Å². The molecule has 1 aromatic heterocycles. The van der Waals surface area contributed by atoms with Crippen LogP contribution in [0.25, 0.3) is 0 Å². The number of hydrogen-bond acceptors (Lipinski definition) is 4. The van der Waals surface area contributed by atoms with Crippen molar-refractivity contribution in [1.82, 2.24) is 9.78 Å². The van der Waals surface area contributed by atoms with Gasteiger partial charge in [0.25, 0.3) is 0 Å². The van der Waals surface area contributed by atoms with Crippen LogP contribution in [-0.4, -0.2) is 22.3 Å². The van der Waals surface area contributed by atoms with Crippen LogP contribution >= 0.6 is 11.6 Å². The molecule has 0 fully saturated rings. The second kappa shape index (κ2) is 5.77. The Balaban J connectivity index is 1.93. The Morgan fingerprint density at radius 1 is 1.38 bits per heavy atom. The molecule has 0 bridgehead atoms. The highest BCUT2D eigenvalue weighted by Crippen LogP contribution is 2.35. The zero-order chi connectivity index (χ0) is 14.8. The molecule has 1 aliphatic rings. The lowest BCUT2D eigenvalue weighted by Crippen LogP contribution is -2.36. The zero-order valence-electron chi connectivity index (χ0n) is 11.9. The molecule has 0 spiro atoms. The van der Waals surface area contributed by atoms with Crippen LogP contribution in [0.2, 0.25) is 5.02 Å². The molecule has 0 saturated carbocycles. The number of benzene rings is 1. The molecule has 5 nitrogen and oxygen atoms in total. The summed E-state index contributed by atoms with van der Waals surface area (Å²) in [5, 5.41) is 5.06. The second-order valence-corrected chi connectivity index (χ2v) is 5.48. The first-order chi connectivity index (χ1) is 10.2. The van der Waals surface area contributed by atoms with Crippen LogP contribution in [0.4, 0.5) is 5.69 Å². The summed E-state index contributed by atoms with van der Waals surface area (Å²) in [4.78, 5) is 6.35. The van der Waals surface area contributed by atoms with Gasteiger partial charge in [-0.15, -0.1) is 0 Å². The van der Waals surface area contributed by atoms with Crippen molar-refractivity contribution in [1.29, 1.82) is 0 Å². The van der Waals surface area contributed by atoms with Gasteiger partial charge in [0.15, 0.2) is 5.96 Å². The van der Waals surface area contributed by atoms with E-state index in [1.54, 1.807) is 0 Å². The minimum Gasteiger partial charge on any atom is -0.369 e. The Labute approximate surface area is 129 Å². The van der Waals surface area contributed by atoms with Gasteiger partial charge in [0.2, 0.25) is 0 Å². The fourth-order valence-corrected chi connectivity index (χ4v) is 2.82. The summed E-state index contributed by atoms with van der Waals surface area (Å²) in [6.45, 7) is 3.66. The molecule has 110 valence electrons. The van der Waals surface area contributed by atoms with E-state index in [9.17, 15) is 0 Å². The summed E-state index contributed by atoms with van der Waals surface area (Å²) in [5.74, 6) is 0.497. The summed E-state index contributed by atoms with van der Waals surface area (Å²) in [6, 6.07) is 7.73. The van der Waals surface area contributed by atoms with Crippen molar-refractivity contribution >= 4 is 23.2 Å². The molecule has 0 radical (unpaired) electrons. The van der Waals surface area contributed by atoms with Crippen LogP contribution < -0.4 is 10.6 Å². The van der Waals surface area contributed by atoms with Gasteiger partial charge < -0.3 is 10.6 Å². The van der Waals surface area contributed by atoms with Crippen LogP contribution in [0.5, 0.6) is 0 Å². The van der Waals surface area contributed by atoms with E-state index in [2.05, 4.69) is 23.2 Å². The maximum Gasteiger partial charge on any atom is 0.196 e. The van der Waals surface area contributed by atoms with Crippen molar-refractivity contribution < 1.29 is 0 Å². The average Bonchev–Trinajstić information content (AvgIpc) is 3.07. The quantitative estimate of drug-likeness (QED) is 0.945. The lowest BCUT2D eigenvalue weighted by Gasteiger charge is -2.26. The molecule has 6 heteroatoms. The van der Waals surface area contributed by atoms with Crippen molar-refractivity contribution in [2.24, 2.45) is 10.7 Å². The van der Waals surface area contributed by atoms with Gasteiger partial charge in [0, 0.05) is 18.3 Å². The van der Waals surface area contributed by atoms with Gasteiger partial charge in [0.05, 0.1) is 29.5 Å². The molecule has 2 aromatic rings. The predicted octanol–water partition coefficient (Wildman–Crippen LogP) is 2.82. The summed E-state index contributed by atoms with van der Waals surface area (Å²) in [5.41, 5.74) is 8.05. The highest BCUT2D eigenvalue weighted by molar-refractivity contribution is 6.33. The highest BCUT2D eigenvalue weighted by Gasteiger charge is 2.30. The van der Waals surface area contributed by atoms with Crippen molar-refractivity contribution in [2.45, 2.75) is 25.9 Å². The molecule has 1 aromatic carbocycles. The van der Waals surface area contributed by atoms with Crippen LogP contribution in [0, 0.1) is 0 Å². The number of guanidine groups is 1. The molecule has 3 rings (SSSR count). The summed E-state index contributed by atoms with van der Waals surface area (Å²) in [6.07, 6.45) is 5.00. The lowest BCUT2D eigenvalue weighted by atomic mass is 10.1. The smallest absolute Gasteiger partial charge is 0.196 e. The molecule has 1 atom stereocenters. The Bertz CT molecular complexity index is 664. The maximum atomic E-state index is 6.30. The van der Waals surface area contributed by atoms with E-state index >= 15 is 0 Å². The number of aliphatic imine (C=N–C) groups is 1. The summed E-state index contributed by atoms with van der Waals surface area (Å²) >= 11 is 6.30. The van der Waals surface area contributed by atoms with Gasteiger partial charge in [-0.3, -0.25) is 9.67 Å². The van der Waals surface area contributed by atoms with E-state index in [1.165, 1.54) is 0 Å². The first-order valence-corrected chi connectivity index (χ1v) is 7.44. The molecule has 0 saturated heterocycles. The number of rotatable bonds is 4. The maximum absolute atomic E-state index is 6.30. The minimum atomic E-state index is 0.0514. The van der Waals surface area contributed by atoms with Gasteiger partial charge in [-0.25, -0.2) is 0 Å². The molecule has 21 heavy (non-hydrogen) atoms. The molecule has 0 amide bonds. The van der Waals surface area contributed by atoms with Gasteiger partial charge in [-0.05, 0) is 18.6 Å². The van der Waals surface area contributed by atoms with Crippen LogP contribution in [0.1, 0.15) is 24.9 Å². The van der Waals surface area contributed by atoms with Crippen LogP contribution in [0.3, 0.4) is 0 Å².